The van der Waals surface area contributed by atoms with Crippen LogP contribution in [0.4, 0.5) is 5.13 Å². The summed E-state index contributed by atoms with van der Waals surface area (Å²) in [5.41, 5.74) is 1.53. The minimum atomic E-state index is -0.323. The summed E-state index contributed by atoms with van der Waals surface area (Å²) in [6.07, 6.45) is 3.92. The Morgan fingerprint density at radius 1 is 1.13 bits per heavy atom. The molecule has 116 valence electrons. The predicted molar refractivity (Wildman–Crippen MR) is 93.6 cm³/mol. The van der Waals surface area contributed by atoms with E-state index in [0.717, 1.165) is 11.3 Å². The Hall–Kier alpha value is -1.95. The normalized spacial score (nSPS) is 10.5. The third kappa shape index (κ3) is 4.07. The van der Waals surface area contributed by atoms with Gasteiger partial charge in [-0.05, 0) is 11.6 Å². The maximum Gasteiger partial charge on any atom is 0.259 e. The number of aromatic nitrogens is 2. The summed E-state index contributed by atoms with van der Waals surface area (Å²) in [6, 6.07) is 11.6. The van der Waals surface area contributed by atoms with Gasteiger partial charge in [0.15, 0.2) is 5.13 Å². The quantitative estimate of drug-likeness (QED) is 0.684. The number of carbonyl (C=O) groups is 1. The number of anilines is 1. The molecule has 0 unspecified atom stereocenters. The molecule has 0 aliphatic carbocycles. The number of hydrogen-bond acceptors (Lipinski definition) is 4. The van der Waals surface area contributed by atoms with Gasteiger partial charge in [0.25, 0.3) is 5.91 Å². The molecule has 1 N–H and O–H groups in total. The van der Waals surface area contributed by atoms with Crippen LogP contribution in [-0.2, 0) is 6.42 Å². The van der Waals surface area contributed by atoms with Gasteiger partial charge in [0.05, 0.1) is 10.6 Å². The van der Waals surface area contributed by atoms with Gasteiger partial charge < -0.3 is 0 Å². The van der Waals surface area contributed by atoms with Gasteiger partial charge in [0.2, 0.25) is 0 Å². The van der Waals surface area contributed by atoms with E-state index in [0.29, 0.717) is 10.7 Å². The van der Waals surface area contributed by atoms with E-state index in [9.17, 15) is 4.79 Å². The van der Waals surface area contributed by atoms with Crippen molar-refractivity contribution in [2.75, 3.05) is 5.32 Å². The van der Waals surface area contributed by atoms with E-state index in [1.807, 2.05) is 18.2 Å². The Morgan fingerprint density at radius 3 is 2.65 bits per heavy atom. The van der Waals surface area contributed by atoms with Crippen LogP contribution in [0.15, 0.2) is 48.8 Å². The first-order valence-electron chi connectivity index (χ1n) is 6.73. The van der Waals surface area contributed by atoms with Gasteiger partial charge in [-0.3, -0.25) is 10.1 Å². The van der Waals surface area contributed by atoms with Gasteiger partial charge in [-0.15, -0.1) is 11.3 Å². The molecule has 2 aromatic heterocycles. The highest BCUT2D eigenvalue weighted by molar-refractivity contribution is 7.15. The predicted octanol–water partition coefficient (Wildman–Crippen LogP) is 4.69. The maximum absolute atomic E-state index is 12.2. The second-order valence-corrected chi connectivity index (χ2v) is 6.63. The highest BCUT2D eigenvalue weighted by Crippen LogP contribution is 2.23. The average Bonchev–Trinajstić information content (AvgIpc) is 2.98. The van der Waals surface area contributed by atoms with Crippen LogP contribution in [0.2, 0.25) is 10.2 Å². The zero-order chi connectivity index (χ0) is 16.2. The molecule has 2 heterocycles. The minimum absolute atomic E-state index is 0.169. The van der Waals surface area contributed by atoms with Crippen molar-refractivity contribution in [2.24, 2.45) is 0 Å². The van der Waals surface area contributed by atoms with E-state index in [1.165, 1.54) is 29.2 Å². The van der Waals surface area contributed by atoms with Crippen LogP contribution in [-0.4, -0.2) is 15.9 Å². The van der Waals surface area contributed by atoms with Crippen LogP contribution in [0.5, 0.6) is 0 Å². The summed E-state index contributed by atoms with van der Waals surface area (Å²) in [7, 11) is 0. The lowest BCUT2D eigenvalue weighted by molar-refractivity contribution is 0.102. The van der Waals surface area contributed by atoms with Crippen LogP contribution in [0, 0.1) is 0 Å². The maximum atomic E-state index is 12.2. The molecule has 0 aliphatic rings. The van der Waals surface area contributed by atoms with Gasteiger partial charge >= 0.3 is 0 Å². The Balaban J connectivity index is 1.68. The highest BCUT2D eigenvalue weighted by atomic mass is 35.5. The number of benzene rings is 1. The van der Waals surface area contributed by atoms with Gasteiger partial charge in [-0.1, -0.05) is 53.5 Å². The number of pyridine rings is 1. The molecule has 0 fully saturated rings. The number of carbonyl (C=O) groups excluding carboxylic acids is 1. The topological polar surface area (TPSA) is 54.9 Å². The zero-order valence-electron chi connectivity index (χ0n) is 11.8. The average molecular weight is 364 g/mol. The number of hydrogen-bond donors (Lipinski definition) is 1. The van der Waals surface area contributed by atoms with Crippen LogP contribution in [0.1, 0.15) is 20.8 Å². The lowest BCUT2D eigenvalue weighted by Gasteiger charge is -2.02. The van der Waals surface area contributed by atoms with Crippen molar-refractivity contribution in [3.8, 4) is 0 Å². The lowest BCUT2D eigenvalue weighted by Crippen LogP contribution is -2.11. The smallest absolute Gasteiger partial charge is 0.259 e. The van der Waals surface area contributed by atoms with Crippen molar-refractivity contribution >= 4 is 45.6 Å². The molecule has 23 heavy (non-hydrogen) atoms. The molecule has 3 rings (SSSR count). The molecular weight excluding hydrogens is 353 g/mol. The second-order valence-electron chi connectivity index (χ2n) is 4.74. The largest absolute Gasteiger partial charge is 0.298 e. The van der Waals surface area contributed by atoms with Crippen molar-refractivity contribution in [3.63, 3.8) is 0 Å². The minimum Gasteiger partial charge on any atom is -0.298 e. The Labute approximate surface area is 147 Å². The molecule has 1 amide bonds. The zero-order valence-corrected chi connectivity index (χ0v) is 14.1. The molecule has 3 aromatic rings. The van der Waals surface area contributed by atoms with E-state index in [-0.39, 0.29) is 16.1 Å². The van der Waals surface area contributed by atoms with Crippen molar-refractivity contribution in [2.45, 2.75) is 6.42 Å². The Bertz CT molecular complexity index is 836. The summed E-state index contributed by atoms with van der Waals surface area (Å²) in [4.78, 5) is 21.3. The lowest BCUT2D eigenvalue weighted by atomic mass is 10.1. The molecule has 0 spiro atoms. The molecule has 0 aliphatic heterocycles. The molecule has 0 bridgehead atoms. The van der Waals surface area contributed by atoms with Gasteiger partial charge in [0, 0.05) is 23.7 Å². The first-order valence-corrected chi connectivity index (χ1v) is 8.30. The van der Waals surface area contributed by atoms with Crippen molar-refractivity contribution in [1.29, 1.82) is 0 Å². The fourth-order valence-corrected chi connectivity index (χ4v) is 3.07. The summed E-state index contributed by atoms with van der Waals surface area (Å²) in [6.45, 7) is 0. The molecular formula is C16H11Cl2N3OS. The Morgan fingerprint density at radius 2 is 1.91 bits per heavy atom. The molecule has 7 heteroatoms. The fraction of sp³-hybridized carbons (Fsp3) is 0.0625. The number of amides is 1. The molecule has 4 nitrogen and oxygen atoms in total. The van der Waals surface area contributed by atoms with E-state index >= 15 is 0 Å². The molecule has 0 atom stereocenters. The van der Waals surface area contributed by atoms with Crippen LogP contribution < -0.4 is 5.32 Å². The van der Waals surface area contributed by atoms with E-state index < -0.39 is 0 Å². The SMILES string of the molecule is O=C(Nc1ncc(Cc2ccccc2)s1)c1cnc(Cl)c(Cl)c1. The van der Waals surface area contributed by atoms with E-state index in [1.54, 1.807) is 6.20 Å². The van der Waals surface area contributed by atoms with Crippen molar-refractivity contribution in [3.05, 3.63) is 75.0 Å². The van der Waals surface area contributed by atoms with Crippen molar-refractivity contribution < 1.29 is 4.79 Å². The van der Waals surface area contributed by atoms with Gasteiger partial charge in [-0.2, -0.15) is 0 Å². The first kappa shape index (κ1) is 15.9. The van der Waals surface area contributed by atoms with Crippen molar-refractivity contribution in [1.82, 2.24) is 9.97 Å². The fourth-order valence-electron chi connectivity index (χ4n) is 1.96. The Kier molecular flexibility index (Phi) is 4.91. The molecule has 0 saturated carbocycles. The standard InChI is InChI=1S/C16H11Cl2N3OS/c17-13-7-11(8-19-14(13)18)15(22)21-16-20-9-12(23-16)6-10-4-2-1-3-5-10/h1-5,7-9H,6H2,(H,20,21,22). The number of thiazole rings is 1. The molecule has 0 saturated heterocycles. The summed E-state index contributed by atoms with van der Waals surface area (Å²) in [5, 5.41) is 3.68. The van der Waals surface area contributed by atoms with E-state index in [2.05, 4.69) is 27.4 Å². The summed E-state index contributed by atoms with van der Waals surface area (Å²) >= 11 is 13.0. The van der Waals surface area contributed by atoms with Gasteiger partial charge in [-0.25, -0.2) is 9.97 Å². The van der Waals surface area contributed by atoms with E-state index in [4.69, 9.17) is 23.2 Å². The second kappa shape index (κ2) is 7.08. The molecule has 0 radical (unpaired) electrons. The third-order valence-corrected chi connectivity index (χ3v) is 4.65. The summed E-state index contributed by atoms with van der Waals surface area (Å²) in [5.74, 6) is -0.323. The third-order valence-electron chi connectivity index (χ3n) is 3.05. The highest BCUT2D eigenvalue weighted by Gasteiger charge is 2.11. The van der Waals surface area contributed by atoms with Crippen LogP contribution in [0.25, 0.3) is 0 Å². The number of halogens is 2. The summed E-state index contributed by atoms with van der Waals surface area (Å²) < 4.78 is 0. The number of rotatable bonds is 4. The van der Waals surface area contributed by atoms with Gasteiger partial charge in [0.1, 0.15) is 5.15 Å². The van der Waals surface area contributed by atoms with Crippen LogP contribution >= 0.6 is 34.5 Å². The molecule has 1 aromatic carbocycles. The number of nitrogens with zero attached hydrogens (tertiary/aromatic N) is 2. The van der Waals surface area contributed by atoms with Crippen LogP contribution in [0.3, 0.4) is 0 Å². The first-order chi connectivity index (χ1) is 11.1. The monoisotopic (exact) mass is 363 g/mol. The number of nitrogens with one attached hydrogen (secondary N) is 1.